The Balaban J connectivity index is 1.45. The quantitative estimate of drug-likeness (QED) is 0.654. The first-order valence-electron chi connectivity index (χ1n) is 11.6. The van der Waals surface area contributed by atoms with E-state index in [-0.39, 0.29) is 24.4 Å². The fraction of sp³-hybridized carbons (Fsp3) is 0.583. The molecule has 3 aliphatic rings. The molecule has 0 aromatic heterocycles. The molecule has 0 radical (unpaired) electrons. The van der Waals surface area contributed by atoms with Crippen LogP contribution >= 0.6 is 0 Å². The Hall–Kier alpha value is -2.38. The summed E-state index contributed by atoms with van der Waals surface area (Å²) in [5, 5.41) is 5.15. The average Bonchev–Trinajstić information content (AvgIpc) is 3.18. The first-order valence-corrected chi connectivity index (χ1v) is 11.6. The van der Waals surface area contributed by atoms with Gasteiger partial charge in [-0.3, -0.25) is 14.5 Å². The molecule has 2 atom stereocenters. The van der Waals surface area contributed by atoms with Gasteiger partial charge in [-0.2, -0.15) is 0 Å². The zero-order valence-electron chi connectivity index (χ0n) is 18.8. The minimum absolute atomic E-state index is 0.0530. The van der Waals surface area contributed by atoms with Crippen LogP contribution in [-0.2, 0) is 9.59 Å². The van der Waals surface area contributed by atoms with Crippen molar-refractivity contribution in [2.45, 2.75) is 51.6 Å². The van der Waals surface area contributed by atoms with E-state index < -0.39 is 0 Å². The standard InChI is InChI=1S/C24H35N5O2/c1-3-4-5-6-20-14-27(17-24(31)28-12-11-25-23(30)16-28)15-21-13-22(26-29(20)21)19-9-7-18(2)8-10-19/h7-10,13,20,22,26H,3-6,11-12,14-17H2,1-2H3,(H,25,30). The van der Waals surface area contributed by atoms with Gasteiger partial charge in [-0.25, -0.2) is 5.43 Å². The number of hydrazine groups is 1. The molecule has 0 aliphatic carbocycles. The number of piperazine rings is 2. The van der Waals surface area contributed by atoms with Crippen molar-refractivity contribution in [2.24, 2.45) is 0 Å². The Bertz CT molecular complexity index is 822. The first-order chi connectivity index (χ1) is 15.0. The van der Waals surface area contributed by atoms with E-state index >= 15 is 0 Å². The molecule has 168 valence electrons. The number of rotatable bonds is 7. The molecule has 4 rings (SSSR count). The molecule has 3 heterocycles. The predicted octanol–water partition coefficient (Wildman–Crippen LogP) is 1.96. The topological polar surface area (TPSA) is 67.9 Å². The molecule has 2 saturated heterocycles. The van der Waals surface area contributed by atoms with Crippen molar-refractivity contribution >= 4 is 11.8 Å². The predicted molar refractivity (Wildman–Crippen MR) is 121 cm³/mol. The number of carbonyl (C=O) groups is 2. The van der Waals surface area contributed by atoms with Crippen LogP contribution in [0.2, 0.25) is 0 Å². The molecule has 3 aliphatic heterocycles. The lowest BCUT2D eigenvalue weighted by molar-refractivity contribution is -0.139. The van der Waals surface area contributed by atoms with Crippen LogP contribution < -0.4 is 10.7 Å². The Morgan fingerprint density at radius 2 is 1.97 bits per heavy atom. The van der Waals surface area contributed by atoms with Crippen molar-refractivity contribution in [3.63, 3.8) is 0 Å². The minimum atomic E-state index is -0.0643. The number of hydrogen-bond acceptors (Lipinski definition) is 5. The van der Waals surface area contributed by atoms with E-state index in [4.69, 9.17) is 0 Å². The number of amides is 2. The van der Waals surface area contributed by atoms with Crippen LogP contribution in [0, 0.1) is 6.92 Å². The maximum absolute atomic E-state index is 12.8. The Labute approximate surface area is 185 Å². The van der Waals surface area contributed by atoms with Crippen molar-refractivity contribution in [1.82, 2.24) is 25.6 Å². The summed E-state index contributed by atoms with van der Waals surface area (Å²) in [5.74, 6) is -0.0113. The van der Waals surface area contributed by atoms with Gasteiger partial charge in [-0.15, -0.1) is 0 Å². The second-order valence-corrected chi connectivity index (χ2v) is 9.03. The van der Waals surface area contributed by atoms with Crippen LogP contribution in [-0.4, -0.2) is 71.9 Å². The third kappa shape index (κ3) is 5.28. The zero-order valence-corrected chi connectivity index (χ0v) is 18.8. The highest BCUT2D eigenvalue weighted by Crippen LogP contribution is 2.31. The van der Waals surface area contributed by atoms with Gasteiger partial charge in [0.2, 0.25) is 11.8 Å². The molecule has 2 N–H and O–H groups in total. The summed E-state index contributed by atoms with van der Waals surface area (Å²) in [6, 6.07) is 9.22. The molecule has 1 aromatic carbocycles. The number of nitrogens with zero attached hydrogens (tertiary/aromatic N) is 3. The smallest absolute Gasteiger partial charge is 0.239 e. The highest BCUT2D eigenvalue weighted by molar-refractivity contribution is 5.86. The fourth-order valence-corrected chi connectivity index (χ4v) is 4.74. The number of unbranched alkanes of at least 4 members (excludes halogenated alkanes) is 2. The van der Waals surface area contributed by atoms with E-state index in [1.54, 1.807) is 4.90 Å². The fourth-order valence-electron chi connectivity index (χ4n) is 4.74. The van der Waals surface area contributed by atoms with Gasteiger partial charge >= 0.3 is 0 Å². The number of fused-ring (bicyclic) bond motifs is 1. The molecule has 1 aromatic rings. The summed E-state index contributed by atoms with van der Waals surface area (Å²) in [4.78, 5) is 28.5. The summed E-state index contributed by atoms with van der Waals surface area (Å²) in [5.41, 5.74) is 7.50. The zero-order chi connectivity index (χ0) is 21.8. The van der Waals surface area contributed by atoms with Crippen molar-refractivity contribution in [3.05, 3.63) is 47.2 Å². The van der Waals surface area contributed by atoms with Gasteiger partial charge in [0.1, 0.15) is 0 Å². The van der Waals surface area contributed by atoms with Gasteiger partial charge in [0.05, 0.1) is 25.2 Å². The van der Waals surface area contributed by atoms with Gasteiger partial charge in [0.25, 0.3) is 0 Å². The molecule has 31 heavy (non-hydrogen) atoms. The lowest BCUT2D eigenvalue weighted by atomic mass is 10.0. The van der Waals surface area contributed by atoms with Crippen LogP contribution in [0.1, 0.15) is 49.8 Å². The number of aryl methyl sites for hydroxylation is 1. The second-order valence-electron chi connectivity index (χ2n) is 9.03. The lowest BCUT2D eigenvalue weighted by Crippen LogP contribution is -2.57. The molecule has 0 saturated carbocycles. The first kappa shape index (κ1) is 21.8. The SMILES string of the molecule is CCCCCC1CN(CC(=O)N2CCNC(=O)C2)CC2=CC(c3ccc(C)cc3)NN21. The van der Waals surface area contributed by atoms with Gasteiger partial charge in [0, 0.05) is 31.9 Å². The molecule has 2 unspecified atom stereocenters. The number of benzene rings is 1. The molecule has 0 spiro atoms. The Kier molecular flexibility index (Phi) is 6.92. The summed E-state index contributed by atoms with van der Waals surface area (Å²) in [6.45, 7) is 7.66. The molecule has 2 fully saturated rings. The molecular formula is C24H35N5O2. The van der Waals surface area contributed by atoms with Crippen LogP contribution in [0.25, 0.3) is 0 Å². The van der Waals surface area contributed by atoms with Crippen molar-refractivity contribution in [1.29, 1.82) is 0 Å². The van der Waals surface area contributed by atoms with Gasteiger partial charge < -0.3 is 15.2 Å². The van der Waals surface area contributed by atoms with Crippen molar-refractivity contribution in [2.75, 3.05) is 39.3 Å². The van der Waals surface area contributed by atoms with Crippen LogP contribution in [0.4, 0.5) is 0 Å². The maximum atomic E-state index is 12.8. The number of hydrogen-bond donors (Lipinski definition) is 2. The van der Waals surface area contributed by atoms with Crippen molar-refractivity contribution < 1.29 is 9.59 Å². The van der Waals surface area contributed by atoms with E-state index in [1.165, 1.54) is 36.1 Å². The van der Waals surface area contributed by atoms with E-state index in [2.05, 4.69) is 64.8 Å². The van der Waals surface area contributed by atoms with Crippen molar-refractivity contribution in [3.8, 4) is 0 Å². The molecule has 7 nitrogen and oxygen atoms in total. The van der Waals surface area contributed by atoms with E-state index in [9.17, 15) is 9.59 Å². The van der Waals surface area contributed by atoms with E-state index in [0.717, 1.165) is 19.5 Å². The third-order valence-electron chi connectivity index (χ3n) is 6.49. The monoisotopic (exact) mass is 425 g/mol. The van der Waals surface area contributed by atoms with Gasteiger partial charge in [-0.05, 0) is 25.0 Å². The highest BCUT2D eigenvalue weighted by Gasteiger charge is 2.36. The lowest BCUT2D eigenvalue weighted by Gasteiger charge is -2.42. The number of carbonyl (C=O) groups excluding carboxylic acids is 2. The highest BCUT2D eigenvalue weighted by atomic mass is 16.2. The average molecular weight is 426 g/mol. The van der Waals surface area contributed by atoms with Crippen LogP contribution in [0.5, 0.6) is 0 Å². The summed E-state index contributed by atoms with van der Waals surface area (Å²) in [7, 11) is 0. The second kappa shape index (κ2) is 9.83. The van der Waals surface area contributed by atoms with Gasteiger partial charge in [0.15, 0.2) is 0 Å². The largest absolute Gasteiger partial charge is 0.353 e. The van der Waals surface area contributed by atoms with E-state index in [1.807, 2.05) is 0 Å². The molecule has 0 bridgehead atoms. The van der Waals surface area contributed by atoms with Crippen LogP contribution in [0.15, 0.2) is 36.0 Å². The summed E-state index contributed by atoms with van der Waals surface area (Å²) >= 11 is 0. The third-order valence-corrected chi connectivity index (χ3v) is 6.49. The molecule has 2 amide bonds. The normalized spacial score (nSPS) is 24.1. The Morgan fingerprint density at radius 1 is 1.16 bits per heavy atom. The molecule has 7 heteroatoms. The summed E-state index contributed by atoms with van der Waals surface area (Å²) < 4.78 is 0. The van der Waals surface area contributed by atoms with Gasteiger partial charge in [-0.1, -0.05) is 56.0 Å². The van der Waals surface area contributed by atoms with E-state index in [0.29, 0.717) is 25.7 Å². The molecular weight excluding hydrogens is 390 g/mol. The Morgan fingerprint density at radius 3 is 2.71 bits per heavy atom. The minimum Gasteiger partial charge on any atom is -0.353 e. The maximum Gasteiger partial charge on any atom is 0.239 e. The van der Waals surface area contributed by atoms with Crippen LogP contribution in [0.3, 0.4) is 0 Å². The number of nitrogens with one attached hydrogen (secondary N) is 2. The summed E-state index contributed by atoms with van der Waals surface area (Å²) in [6.07, 6.45) is 7.04.